The van der Waals surface area contributed by atoms with Crippen LogP contribution in [-0.2, 0) is 27.9 Å². The van der Waals surface area contributed by atoms with E-state index in [4.69, 9.17) is 4.74 Å². The van der Waals surface area contributed by atoms with E-state index >= 15 is 0 Å². The van der Waals surface area contributed by atoms with Crippen molar-refractivity contribution < 1.29 is 18.3 Å². The predicted octanol–water partition coefficient (Wildman–Crippen LogP) is 0.989. The van der Waals surface area contributed by atoms with Crippen LogP contribution in [0.1, 0.15) is 38.3 Å². The van der Waals surface area contributed by atoms with Crippen molar-refractivity contribution in [1.29, 1.82) is 0 Å². The zero-order valence-electron chi connectivity index (χ0n) is 12.2. The molecular formula is C14H22N2O4S. The van der Waals surface area contributed by atoms with Gasteiger partial charge in [0.05, 0.1) is 29.8 Å². The van der Waals surface area contributed by atoms with Crippen LogP contribution in [0.5, 0.6) is 0 Å². The number of fused-ring (bicyclic) bond motifs is 2. The van der Waals surface area contributed by atoms with Gasteiger partial charge in [0.1, 0.15) is 0 Å². The molecule has 21 heavy (non-hydrogen) atoms. The van der Waals surface area contributed by atoms with Crippen LogP contribution in [0.15, 0.2) is 17.2 Å². The van der Waals surface area contributed by atoms with Crippen LogP contribution in [0.3, 0.4) is 0 Å². The van der Waals surface area contributed by atoms with Gasteiger partial charge in [-0.15, -0.1) is 0 Å². The van der Waals surface area contributed by atoms with E-state index in [2.05, 4.69) is 4.72 Å². The number of aliphatic hydroxyl groups is 1. The second-order valence-electron chi connectivity index (χ2n) is 5.86. The highest BCUT2D eigenvalue weighted by molar-refractivity contribution is 7.89. The summed E-state index contributed by atoms with van der Waals surface area (Å²) in [6.07, 6.45) is 5.42. The van der Waals surface area contributed by atoms with Crippen LogP contribution >= 0.6 is 0 Å². The summed E-state index contributed by atoms with van der Waals surface area (Å²) in [5, 5.41) is 9.34. The molecule has 3 rings (SSSR count). The Morgan fingerprint density at radius 2 is 2.29 bits per heavy atom. The van der Waals surface area contributed by atoms with Gasteiger partial charge in [0, 0.05) is 18.4 Å². The van der Waals surface area contributed by atoms with Gasteiger partial charge in [-0.3, -0.25) is 0 Å². The Balaban J connectivity index is 1.78. The summed E-state index contributed by atoms with van der Waals surface area (Å²) >= 11 is 0. The van der Waals surface area contributed by atoms with Crippen LogP contribution in [0.25, 0.3) is 0 Å². The lowest BCUT2D eigenvalue weighted by atomic mass is 9.96. The molecule has 2 bridgehead atoms. The summed E-state index contributed by atoms with van der Waals surface area (Å²) in [7, 11) is -3.56. The van der Waals surface area contributed by atoms with Gasteiger partial charge < -0.3 is 14.4 Å². The van der Waals surface area contributed by atoms with E-state index in [-0.39, 0.29) is 29.8 Å². The third-order valence-corrected chi connectivity index (χ3v) is 5.77. The first kappa shape index (κ1) is 15.0. The topological polar surface area (TPSA) is 80.6 Å². The summed E-state index contributed by atoms with van der Waals surface area (Å²) in [6.45, 7) is 2.55. The van der Waals surface area contributed by atoms with Gasteiger partial charge in [0.25, 0.3) is 0 Å². The molecule has 0 radical (unpaired) electrons. The van der Waals surface area contributed by atoms with Crippen LogP contribution in [0.2, 0.25) is 0 Å². The highest BCUT2D eigenvalue weighted by Gasteiger charge is 2.42. The number of rotatable bonds is 6. The molecule has 3 heterocycles. The van der Waals surface area contributed by atoms with E-state index < -0.39 is 10.0 Å². The largest absolute Gasteiger partial charge is 0.390 e. The van der Waals surface area contributed by atoms with Crippen LogP contribution in [0.4, 0.5) is 0 Å². The smallest absolute Gasteiger partial charge is 0.242 e. The Morgan fingerprint density at radius 3 is 2.86 bits per heavy atom. The fourth-order valence-corrected chi connectivity index (χ4v) is 4.62. The maximum atomic E-state index is 12.5. The first-order valence-electron chi connectivity index (χ1n) is 7.51. The number of aromatic nitrogens is 1. The number of sulfonamides is 1. The van der Waals surface area contributed by atoms with Crippen LogP contribution in [0, 0.1) is 0 Å². The molecule has 2 fully saturated rings. The van der Waals surface area contributed by atoms with E-state index in [0.717, 1.165) is 25.7 Å². The Morgan fingerprint density at radius 1 is 1.48 bits per heavy atom. The molecule has 2 aliphatic rings. The number of aliphatic hydroxyl groups excluding tert-OH is 1. The summed E-state index contributed by atoms with van der Waals surface area (Å²) in [6, 6.07) is 1.42. The van der Waals surface area contributed by atoms with Crippen molar-refractivity contribution in [1.82, 2.24) is 9.29 Å². The molecule has 1 aromatic rings. The third-order valence-electron chi connectivity index (χ3n) is 4.31. The molecule has 3 atom stereocenters. The molecule has 0 amide bonds. The van der Waals surface area contributed by atoms with Gasteiger partial charge in [-0.1, -0.05) is 6.92 Å². The van der Waals surface area contributed by atoms with E-state index in [9.17, 15) is 13.5 Å². The Bertz CT molecular complexity index is 610. The van der Waals surface area contributed by atoms with Gasteiger partial charge in [-0.25, -0.2) is 13.1 Å². The number of hydrogen-bond acceptors (Lipinski definition) is 4. The average Bonchev–Trinajstić information content (AvgIpc) is 3.13. The summed E-state index contributed by atoms with van der Waals surface area (Å²) < 4.78 is 35.2. The minimum absolute atomic E-state index is 0.0137. The molecule has 118 valence electrons. The molecule has 6 nitrogen and oxygen atoms in total. The SMILES string of the molecule is CCCn1cc(S(=O)(=O)NC2CC3CCC2O3)cc1CO. The predicted molar refractivity (Wildman–Crippen MR) is 77.3 cm³/mol. The van der Waals surface area contributed by atoms with Gasteiger partial charge in [0.15, 0.2) is 0 Å². The van der Waals surface area contributed by atoms with Crippen molar-refractivity contribution in [2.24, 2.45) is 0 Å². The van der Waals surface area contributed by atoms with Crippen molar-refractivity contribution in [2.75, 3.05) is 0 Å². The first-order valence-corrected chi connectivity index (χ1v) is 8.99. The summed E-state index contributed by atoms with van der Waals surface area (Å²) in [4.78, 5) is 0.225. The third kappa shape index (κ3) is 2.88. The maximum absolute atomic E-state index is 12.5. The molecule has 7 heteroatoms. The molecule has 2 aliphatic heterocycles. The average molecular weight is 314 g/mol. The van der Waals surface area contributed by atoms with Crippen molar-refractivity contribution in [3.8, 4) is 0 Å². The van der Waals surface area contributed by atoms with Gasteiger partial charge in [0.2, 0.25) is 10.0 Å². The monoisotopic (exact) mass is 314 g/mol. The van der Waals surface area contributed by atoms with Crippen molar-refractivity contribution in [3.05, 3.63) is 18.0 Å². The van der Waals surface area contributed by atoms with E-state index in [0.29, 0.717) is 12.2 Å². The number of ether oxygens (including phenoxy) is 1. The minimum Gasteiger partial charge on any atom is -0.390 e. The summed E-state index contributed by atoms with van der Waals surface area (Å²) in [5.74, 6) is 0. The van der Waals surface area contributed by atoms with E-state index in [1.54, 1.807) is 16.8 Å². The molecule has 1 aromatic heterocycles. The van der Waals surface area contributed by atoms with E-state index in [1.165, 1.54) is 0 Å². The summed E-state index contributed by atoms with van der Waals surface area (Å²) in [5.41, 5.74) is 0.626. The fourth-order valence-electron chi connectivity index (χ4n) is 3.28. The van der Waals surface area contributed by atoms with Gasteiger partial charge >= 0.3 is 0 Å². The lowest BCUT2D eigenvalue weighted by Crippen LogP contribution is -2.41. The molecular weight excluding hydrogens is 292 g/mol. The molecule has 0 spiro atoms. The second kappa shape index (κ2) is 5.72. The molecule has 2 saturated heterocycles. The molecule has 0 aromatic carbocycles. The van der Waals surface area contributed by atoms with Crippen molar-refractivity contribution >= 4 is 10.0 Å². The first-order chi connectivity index (χ1) is 10.0. The molecule has 0 aliphatic carbocycles. The number of hydrogen-bond donors (Lipinski definition) is 2. The standard InChI is InChI=1S/C14H22N2O4S/c1-2-5-16-8-12(6-10(16)9-17)21(18,19)15-13-7-11-3-4-14(13)20-11/h6,8,11,13-15,17H,2-5,7,9H2,1H3. The maximum Gasteiger partial charge on any atom is 0.242 e. The Kier molecular flexibility index (Phi) is 4.09. The Hall–Kier alpha value is -0.890. The highest BCUT2D eigenvalue weighted by atomic mass is 32.2. The Labute approximate surface area is 125 Å². The number of nitrogens with zero attached hydrogens (tertiary/aromatic N) is 1. The van der Waals surface area contributed by atoms with Crippen LogP contribution < -0.4 is 4.72 Å². The molecule has 2 N–H and O–H groups in total. The van der Waals surface area contributed by atoms with Gasteiger partial charge in [-0.05, 0) is 31.7 Å². The zero-order chi connectivity index (χ0) is 15.0. The molecule has 0 saturated carbocycles. The quantitative estimate of drug-likeness (QED) is 0.820. The van der Waals surface area contributed by atoms with Crippen molar-refractivity contribution in [3.63, 3.8) is 0 Å². The lowest BCUT2D eigenvalue weighted by molar-refractivity contribution is 0.0996. The lowest BCUT2D eigenvalue weighted by Gasteiger charge is -2.19. The van der Waals surface area contributed by atoms with Gasteiger partial charge in [-0.2, -0.15) is 0 Å². The normalized spacial score (nSPS) is 28.4. The molecule has 3 unspecified atom stereocenters. The number of nitrogens with one attached hydrogen (secondary N) is 1. The van der Waals surface area contributed by atoms with Crippen molar-refractivity contribution in [2.45, 2.75) is 68.9 Å². The van der Waals surface area contributed by atoms with Crippen LogP contribution in [-0.4, -0.2) is 36.3 Å². The second-order valence-corrected chi connectivity index (χ2v) is 7.57. The minimum atomic E-state index is -3.56. The number of aryl methyl sites for hydroxylation is 1. The fraction of sp³-hybridized carbons (Fsp3) is 0.714. The highest BCUT2D eigenvalue weighted by Crippen LogP contribution is 2.35. The zero-order valence-corrected chi connectivity index (χ0v) is 13.0. The van der Waals surface area contributed by atoms with E-state index in [1.807, 2.05) is 6.92 Å².